The quantitative estimate of drug-likeness (QED) is 0.495. The zero-order valence-corrected chi connectivity index (χ0v) is 21.4. The highest BCUT2D eigenvalue weighted by Gasteiger charge is 2.67. The summed E-state index contributed by atoms with van der Waals surface area (Å²) in [4.78, 5) is 31.1. The van der Waals surface area contributed by atoms with Gasteiger partial charge in [0.15, 0.2) is 22.8 Å². The average Bonchev–Trinajstić information content (AvgIpc) is 3.55. The molecular formula is C29H27N4O5+. The van der Waals surface area contributed by atoms with Crippen LogP contribution in [-0.4, -0.2) is 64.9 Å². The molecule has 192 valence electrons. The van der Waals surface area contributed by atoms with Crippen LogP contribution >= 0.6 is 0 Å². The van der Waals surface area contributed by atoms with Crippen molar-refractivity contribution in [1.29, 1.82) is 0 Å². The molecule has 1 saturated heterocycles. The summed E-state index contributed by atoms with van der Waals surface area (Å²) >= 11 is 0. The van der Waals surface area contributed by atoms with Crippen LogP contribution in [0.4, 0.5) is 10.5 Å². The monoisotopic (exact) mass is 511 g/mol. The minimum atomic E-state index is -1.08. The van der Waals surface area contributed by atoms with Crippen molar-refractivity contribution in [3.63, 3.8) is 0 Å². The van der Waals surface area contributed by atoms with Crippen molar-refractivity contribution in [1.82, 2.24) is 14.2 Å². The van der Waals surface area contributed by atoms with E-state index < -0.39 is 17.9 Å². The molecule has 0 radical (unpaired) electrons. The first-order valence-corrected chi connectivity index (χ1v) is 13.0. The highest BCUT2D eigenvalue weighted by Crippen LogP contribution is 2.59. The lowest BCUT2D eigenvalue weighted by Gasteiger charge is -2.47. The number of rotatable bonds is 2. The van der Waals surface area contributed by atoms with E-state index >= 15 is 0 Å². The summed E-state index contributed by atoms with van der Waals surface area (Å²) in [6.45, 7) is 2.49. The second kappa shape index (κ2) is 6.99. The Labute approximate surface area is 218 Å². The third kappa shape index (κ3) is 2.28. The highest BCUT2D eigenvalue weighted by molar-refractivity contribution is 6.18. The Morgan fingerprint density at radius 1 is 1.37 bits per heavy atom. The number of carbonyl (C=O) groups is 2. The number of hydrogen-bond donors (Lipinski definition) is 1. The van der Waals surface area contributed by atoms with Gasteiger partial charge in [0.2, 0.25) is 0 Å². The molecule has 4 unspecified atom stereocenters. The molecule has 2 aliphatic carbocycles. The number of benzene rings is 1. The van der Waals surface area contributed by atoms with Crippen LogP contribution in [0.15, 0.2) is 35.0 Å². The number of quaternary nitrogens is 1. The Bertz CT molecular complexity index is 1790. The third-order valence-corrected chi connectivity index (χ3v) is 9.14. The number of hydrogen-bond acceptors (Lipinski definition) is 5. The van der Waals surface area contributed by atoms with Gasteiger partial charge in [-0.25, -0.2) is 4.79 Å². The van der Waals surface area contributed by atoms with Crippen LogP contribution in [0.1, 0.15) is 47.7 Å². The summed E-state index contributed by atoms with van der Waals surface area (Å²) in [7, 11) is 3.23. The van der Waals surface area contributed by atoms with E-state index in [0.717, 1.165) is 49.6 Å². The van der Waals surface area contributed by atoms with Gasteiger partial charge in [-0.2, -0.15) is 0 Å². The van der Waals surface area contributed by atoms with E-state index in [1.54, 1.807) is 14.2 Å². The molecule has 1 aromatic carbocycles. The first-order valence-electron chi connectivity index (χ1n) is 13.0. The van der Waals surface area contributed by atoms with Gasteiger partial charge < -0.3 is 19.1 Å². The molecule has 4 bridgehead atoms. The Morgan fingerprint density at radius 3 is 3.00 bits per heavy atom. The molecule has 4 aliphatic heterocycles. The number of Topliss-reactive ketones (excluding diaryl/α,β-unsaturated/α-hetero) is 1. The van der Waals surface area contributed by atoms with Crippen molar-refractivity contribution >= 4 is 52.5 Å². The first kappa shape index (κ1) is 22.2. The van der Waals surface area contributed by atoms with E-state index in [1.165, 1.54) is 5.01 Å². The molecule has 8 rings (SSSR count). The third-order valence-electron chi connectivity index (χ3n) is 9.14. The molecule has 1 amide bonds. The smallest absolute Gasteiger partial charge is 0.452 e. The number of aliphatic imine (C=N–C) groups is 1. The van der Waals surface area contributed by atoms with E-state index in [2.05, 4.69) is 33.9 Å². The summed E-state index contributed by atoms with van der Waals surface area (Å²) in [6, 6.07) is 0. The Balaban J connectivity index is 1.70. The van der Waals surface area contributed by atoms with Gasteiger partial charge in [0.05, 0.1) is 30.7 Å². The number of ether oxygens (including phenoxy) is 2. The van der Waals surface area contributed by atoms with Gasteiger partial charge in [0, 0.05) is 59.6 Å². The molecule has 4 atom stereocenters. The Morgan fingerprint density at radius 2 is 2.21 bits per heavy atom. The minimum Gasteiger partial charge on any atom is -0.462 e. The molecule has 1 aromatic heterocycles. The van der Waals surface area contributed by atoms with Gasteiger partial charge in [-0.1, -0.05) is 18.2 Å². The zero-order valence-electron chi connectivity index (χ0n) is 21.4. The average molecular weight is 512 g/mol. The van der Waals surface area contributed by atoms with Crippen molar-refractivity contribution < 1.29 is 24.2 Å². The van der Waals surface area contributed by atoms with E-state index in [1.807, 2.05) is 25.4 Å². The second-order valence-electron chi connectivity index (χ2n) is 11.0. The standard InChI is InChI=1S/C29H26N4O5/c1-29-10-5-11-32-19-6-4-7-21(34)24(19)23-18-14-30-13-17(18)22-16-9-8-15(38-29)12-20(16)33(27(29)37-3,26(22)25(23)32)31(2)28(35)36/h5-6,8-10,13-15,27H,4,7,11-12H2,1-3H3/p+1/b10-5-. The highest BCUT2D eigenvalue weighted by atomic mass is 16.6. The number of ketones is 1. The van der Waals surface area contributed by atoms with Gasteiger partial charge in [-0.05, 0) is 25.5 Å². The lowest BCUT2D eigenvalue weighted by atomic mass is 9.90. The van der Waals surface area contributed by atoms with E-state index in [4.69, 9.17) is 9.47 Å². The molecule has 6 aliphatic rings. The van der Waals surface area contributed by atoms with Crippen LogP contribution in [0, 0.1) is 0 Å². The molecular weight excluding hydrogens is 484 g/mol. The zero-order chi connectivity index (χ0) is 26.1. The van der Waals surface area contributed by atoms with Gasteiger partial charge in [-0.3, -0.25) is 9.79 Å². The number of carbonyl (C=O) groups excluding carboxylic acids is 1. The fraction of sp³-hybridized carbons (Fsp3) is 0.345. The maximum absolute atomic E-state index is 13.5. The van der Waals surface area contributed by atoms with E-state index in [9.17, 15) is 14.7 Å². The van der Waals surface area contributed by atoms with E-state index in [0.29, 0.717) is 31.4 Å². The van der Waals surface area contributed by atoms with Crippen LogP contribution in [-0.2, 0) is 16.0 Å². The number of allylic oxidation sites excluding steroid dienone is 3. The SMILES string of the molecule is COC1C2(C)/C=C\Cn3c4c(c5c6c(c7c(c53)[N+]1(N(C)C(=O)O)C1=C7C=CC(C1)O2)C=NC=6)C(=O)CCC=4. The summed E-state index contributed by atoms with van der Waals surface area (Å²) < 4.78 is 15.1. The molecule has 2 aromatic rings. The van der Waals surface area contributed by atoms with Gasteiger partial charge in [0.25, 0.3) is 6.23 Å². The van der Waals surface area contributed by atoms with Crippen LogP contribution in [0.5, 0.6) is 0 Å². The number of carboxylic acid groups (broad SMARTS) is 1. The predicted molar refractivity (Wildman–Crippen MR) is 143 cm³/mol. The summed E-state index contributed by atoms with van der Waals surface area (Å²) in [5.41, 5.74) is 5.19. The fourth-order valence-corrected chi connectivity index (χ4v) is 7.84. The molecule has 1 N–H and O–H groups in total. The van der Waals surface area contributed by atoms with Crippen molar-refractivity contribution in [2.45, 2.75) is 50.7 Å². The minimum absolute atomic E-state index is 0.107. The molecule has 38 heavy (non-hydrogen) atoms. The number of nitrogens with zero attached hydrogens (tertiary/aromatic N) is 4. The fourth-order valence-electron chi connectivity index (χ4n) is 7.84. The largest absolute Gasteiger partial charge is 0.462 e. The van der Waals surface area contributed by atoms with Crippen LogP contribution in [0.2, 0.25) is 0 Å². The number of fused-ring (bicyclic) bond motifs is 9. The van der Waals surface area contributed by atoms with E-state index in [-0.39, 0.29) is 16.5 Å². The Kier molecular flexibility index (Phi) is 4.09. The Hall–Kier alpha value is -3.79. The van der Waals surface area contributed by atoms with Gasteiger partial charge in [0.1, 0.15) is 5.52 Å². The molecule has 0 saturated carbocycles. The van der Waals surface area contributed by atoms with Gasteiger partial charge in [-0.15, -0.1) is 9.60 Å². The molecule has 5 heterocycles. The van der Waals surface area contributed by atoms with Crippen LogP contribution in [0.25, 0.3) is 28.8 Å². The summed E-state index contributed by atoms with van der Waals surface area (Å²) in [6.07, 6.45) is 13.6. The van der Waals surface area contributed by atoms with Crippen molar-refractivity contribution in [2.75, 3.05) is 14.2 Å². The maximum Gasteiger partial charge on any atom is 0.452 e. The summed E-state index contributed by atoms with van der Waals surface area (Å²) in [5, 5.41) is 14.7. The number of aromatic nitrogens is 1. The molecule has 9 heteroatoms. The van der Waals surface area contributed by atoms with Crippen LogP contribution < -0.4 is 15.2 Å². The molecule has 0 spiro atoms. The van der Waals surface area contributed by atoms with Crippen molar-refractivity contribution in [3.8, 4) is 0 Å². The number of methoxy groups -OCH3 is 1. The lowest BCUT2D eigenvalue weighted by molar-refractivity contribution is -0.181. The molecule has 1 fully saturated rings. The normalized spacial score (nSPS) is 31.9. The number of amides is 1. The van der Waals surface area contributed by atoms with Gasteiger partial charge >= 0.3 is 6.09 Å². The topological polar surface area (TPSA) is 93.4 Å². The lowest BCUT2D eigenvalue weighted by Crippen LogP contribution is -2.71. The van der Waals surface area contributed by atoms with Crippen LogP contribution in [0.3, 0.4) is 0 Å². The summed E-state index contributed by atoms with van der Waals surface area (Å²) in [5.74, 6) is 0.107. The maximum atomic E-state index is 13.5. The van der Waals surface area contributed by atoms with Crippen molar-refractivity contribution in [2.24, 2.45) is 4.99 Å². The predicted octanol–water partition coefficient (Wildman–Crippen LogP) is 2.79. The second-order valence-corrected chi connectivity index (χ2v) is 11.0. The van der Waals surface area contributed by atoms with Crippen molar-refractivity contribution in [3.05, 3.63) is 57.3 Å². The molecule has 9 nitrogen and oxygen atoms in total. The first-order chi connectivity index (χ1) is 18.3.